The van der Waals surface area contributed by atoms with Crippen LogP contribution in [0.15, 0.2) is 24.3 Å². The SMILES string of the molecule is CC(C(=O)O)c1cccc(OCl)c1. The number of carboxylic acids is 1. The first-order chi connectivity index (χ1) is 6.15. The molecule has 0 saturated heterocycles. The van der Waals surface area contributed by atoms with Crippen molar-refractivity contribution in [3.63, 3.8) is 0 Å². The van der Waals surface area contributed by atoms with E-state index in [1.807, 2.05) is 0 Å². The van der Waals surface area contributed by atoms with Crippen LogP contribution in [0, 0.1) is 0 Å². The fourth-order valence-electron chi connectivity index (χ4n) is 0.974. The average molecular weight is 201 g/mol. The quantitative estimate of drug-likeness (QED) is 0.815. The maximum Gasteiger partial charge on any atom is 0.310 e. The summed E-state index contributed by atoms with van der Waals surface area (Å²) in [5, 5.41) is 8.73. The van der Waals surface area contributed by atoms with Crippen LogP contribution in [-0.2, 0) is 4.79 Å². The number of carbonyl (C=O) groups is 1. The van der Waals surface area contributed by atoms with E-state index in [4.69, 9.17) is 17.0 Å². The van der Waals surface area contributed by atoms with Crippen LogP contribution >= 0.6 is 11.9 Å². The zero-order valence-corrected chi connectivity index (χ0v) is 7.78. The Kier molecular flexibility index (Phi) is 3.14. The van der Waals surface area contributed by atoms with E-state index >= 15 is 0 Å². The fourth-order valence-corrected chi connectivity index (χ4v) is 1.07. The first-order valence-electron chi connectivity index (χ1n) is 3.76. The zero-order valence-electron chi connectivity index (χ0n) is 7.03. The van der Waals surface area contributed by atoms with Crippen molar-refractivity contribution < 1.29 is 14.2 Å². The highest BCUT2D eigenvalue weighted by Gasteiger charge is 2.13. The van der Waals surface area contributed by atoms with Crippen molar-refractivity contribution in [3.05, 3.63) is 29.8 Å². The van der Waals surface area contributed by atoms with E-state index in [0.29, 0.717) is 11.3 Å². The van der Waals surface area contributed by atoms with Gasteiger partial charge in [-0.15, -0.1) is 0 Å². The maximum absolute atomic E-state index is 10.6. The van der Waals surface area contributed by atoms with E-state index in [1.165, 1.54) is 0 Å². The van der Waals surface area contributed by atoms with Crippen LogP contribution in [0.25, 0.3) is 0 Å². The lowest BCUT2D eigenvalue weighted by Gasteiger charge is -2.06. The third-order valence-corrected chi connectivity index (χ3v) is 2.00. The second kappa shape index (κ2) is 4.14. The van der Waals surface area contributed by atoms with E-state index < -0.39 is 11.9 Å². The van der Waals surface area contributed by atoms with Gasteiger partial charge >= 0.3 is 5.97 Å². The van der Waals surface area contributed by atoms with Gasteiger partial charge in [0, 0.05) is 0 Å². The van der Waals surface area contributed by atoms with E-state index in [-0.39, 0.29) is 0 Å². The molecule has 0 radical (unpaired) electrons. The number of hydrogen-bond acceptors (Lipinski definition) is 2. The summed E-state index contributed by atoms with van der Waals surface area (Å²) in [6, 6.07) is 6.68. The third-order valence-electron chi connectivity index (χ3n) is 1.82. The van der Waals surface area contributed by atoms with Crippen molar-refractivity contribution in [2.24, 2.45) is 0 Å². The molecule has 0 aliphatic carbocycles. The average Bonchev–Trinajstić information content (AvgIpc) is 2.16. The van der Waals surface area contributed by atoms with Crippen LogP contribution in [0.2, 0.25) is 0 Å². The van der Waals surface area contributed by atoms with Crippen molar-refractivity contribution in [1.29, 1.82) is 0 Å². The second-order valence-corrected chi connectivity index (χ2v) is 2.86. The number of aliphatic carboxylic acids is 1. The van der Waals surface area contributed by atoms with Crippen LogP contribution in [0.1, 0.15) is 18.4 Å². The highest BCUT2D eigenvalue weighted by Crippen LogP contribution is 2.21. The molecule has 70 valence electrons. The molecule has 0 spiro atoms. The Bertz CT molecular complexity index is 311. The van der Waals surface area contributed by atoms with E-state index in [0.717, 1.165) is 0 Å². The smallest absolute Gasteiger partial charge is 0.310 e. The van der Waals surface area contributed by atoms with Crippen molar-refractivity contribution in [3.8, 4) is 5.75 Å². The minimum Gasteiger partial charge on any atom is -0.481 e. The number of benzene rings is 1. The summed E-state index contributed by atoms with van der Waals surface area (Å²) in [4.78, 5) is 10.6. The number of hydrogen-bond donors (Lipinski definition) is 1. The molecule has 1 aromatic rings. The van der Waals surface area contributed by atoms with Gasteiger partial charge in [0.1, 0.15) is 17.6 Å². The summed E-state index contributed by atoms with van der Waals surface area (Å²) in [5.41, 5.74) is 0.672. The van der Waals surface area contributed by atoms with Gasteiger partial charge in [-0.25, -0.2) is 0 Å². The molecule has 0 heterocycles. The van der Waals surface area contributed by atoms with Crippen molar-refractivity contribution in [2.75, 3.05) is 0 Å². The molecule has 0 aliphatic rings. The fraction of sp³-hybridized carbons (Fsp3) is 0.222. The highest BCUT2D eigenvalue weighted by molar-refractivity contribution is 6.09. The van der Waals surface area contributed by atoms with Gasteiger partial charge in [0.25, 0.3) is 0 Å². The minimum absolute atomic E-state index is 0.451. The standard InChI is InChI=1S/C9H9ClO3/c1-6(9(11)12)7-3-2-4-8(5-7)13-10/h2-6H,1H3,(H,11,12). The largest absolute Gasteiger partial charge is 0.481 e. The Morgan fingerprint density at radius 2 is 2.31 bits per heavy atom. The van der Waals surface area contributed by atoms with Crippen molar-refractivity contribution in [1.82, 2.24) is 0 Å². The summed E-state index contributed by atoms with van der Waals surface area (Å²) in [6.07, 6.45) is 0. The van der Waals surface area contributed by atoms with Gasteiger partial charge < -0.3 is 9.40 Å². The molecule has 0 saturated carbocycles. The van der Waals surface area contributed by atoms with Gasteiger partial charge in [-0.05, 0) is 24.6 Å². The lowest BCUT2D eigenvalue weighted by molar-refractivity contribution is -0.138. The van der Waals surface area contributed by atoms with Gasteiger partial charge in [-0.2, -0.15) is 0 Å². The monoisotopic (exact) mass is 200 g/mol. The lowest BCUT2D eigenvalue weighted by Crippen LogP contribution is -2.06. The summed E-state index contributed by atoms with van der Waals surface area (Å²) < 4.78 is 4.46. The van der Waals surface area contributed by atoms with Gasteiger partial charge in [-0.1, -0.05) is 12.1 Å². The van der Waals surface area contributed by atoms with Gasteiger partial charge in [-0.3, -0.25) is 4.79 Å². The predicted octanol–water partition coefficient (Wildman–Crippen LogP) is 2.41. The van der Waals surface area contributed by atoms with Gasteiger partial charge in [0.2, 0.25) is 0 Å². The van der Waals surface area contributed by atoms with E-state index in [1.54, 1.807) is 31.2 Å². The molecule has 13 heavy (non-hydrogen) atoms. The van der Waals surface area contributed by atoms with Crippen LogP contribution in [-0.4, -0.2) is 11.1 Å². The molecule has 0 aliphatic heterocycles. The lowest BCUT2D eigenvalue weighted by atomic mass is 10.0. The van der Waals surface area contributed by atoms with Crippen LogP contribution < -0.4 is 4.29 Å². The summed E-state index contributed by atoms with van der Waals surface area (Å²) >= 11 is 5.14. The van der Waals surface area contributed by atoms with Gasteiger partial charge in [0.05, 0.1) is 5.92 Å². The number of carboxylic acid groups (broad SMARTS) is 1. The molecule has 3 nitrogen and oxygen atoms in total. The molecule has 0 aromatic heterocycles. The number of halogens is 1. The molecule has 1 N–H and O–H groups in total. The Labute approximate surface area is 81.1 Å². The molecular formula is C9H9ClO3. The van der Waals surface area contributed by atoms with Crippen LogP contribution in [0.3, 0.4) is 0 Å². The molecule has 1 unspecified atom stereocenters. The third kappa shape index (κ3) is 2.36. The molecule has 1 atom stereocenters. The molecule has 0 fully saturated rings. The minimum atomic E-state index is -0.869. The first-order valence-corrected chi connectivity index (χ1v) is 4.07. The Balaban J connectivity index is 2.94. The predicted molar refractivity (Wildman–Crippen MR) is 49.0 cm³/mol. The molecule has 0 amide bonds. The van der Waals surface area contributed by atoms with E-state index in [9.17, 15) is 4.79 Å². The normalized spacial score (nSPS) is 12.2. The van der Waals surface area contributed by atoms with Crippen LogP contribution in [0.5, 0.6) is 5.75 Å². The van der Waals surface area contributed by atoms with Crippen molar-refractivity contribution >= 4 is 17.8 Å². The van der Waals surface area contributed by atoms with Crippen LogP contribution in [0.4, 0.5) is 0 Å². The second-order valence-electron chi connectivity index (χ2n) is 2.71. The molecule has 1 rings (SSSR count). The Morgan fingerprint density at radius 3 is 2.85 bits per heavy atom. The first kappa shape index (κ1) is 9.86. The van der Waals surface area contributed by atoms with Gasteiger partial charge in [0.15, 0.2) is 0 Å². The maximum atomic E-state index is 10.6. The number of rotatable bonds is 3. The Morgan fingerprint density at radius 1 is 1.62 bits per heavy atom. The molecular weight excluding hydrogens is 192 g/mol. The van der Waals surface area contributed by atoms with E-state index in [2.05, 4.69) is 4.29 Å². The Hall–Kier alpha value is -1.22. The molecule has 1 aromatic carbocycles. The summed E-state index contributed by atoms with van der Waals surface area (Å²) in [5.74, 6) is -0.967. The summed E-state index contributed by atoms with van der Waals surface area (Å²) in [6.45, 7) is 1.61. The summed E-state index contributed by atoms with van der Waals surface area (Å²) in [7, 11) is 0. The molecule has 4 heteroatoms. The van der Waals surface area contributed by atoms with Crippen molar-refractivity contribution in [2.45, 2.75) is 12.8 Å². The molecule has 0 bridgehead atoms. The topological polar surface area (TPSA) is 46.5 Å². The zero-order chi connectivity index (χ0) is 9.84. The highest BCUT2D eigenvalue weighted by atomic mass is 35.5.